The first-order valence-electron chi connectivity index (χ1n) is 5.72. The van der Waals surface area contributed by atoms with Crippen LogP contribution in [0.5, 0.6) is 0 Å². The van der Waals surface area contributed by atoms with Crippen molar-refractivity contribution in [1.29, 1.82) is 0 Å². The van der Waals surface area contributed by atoms with Gasteiger partial charge in [-0.1, -0.05) is 0 Å². The van der Waals surface area contributed by atoms with Gasteiger partial charge >= 0.3 is 0 Å². The van der Waals surface area contributed by atoms with Crippen LogP contribution in [-0.2, 0) is 4.79 Å². The molecule has 1 heterocycles. The van der Waals surface area contributed by atoms with Crippen LogP contribution in [0, 0.1) is 0 Å². The second-order valence-corrected chi connectivity index (χ2v) is 4.87. The Balaban J connectivity index is 1.88. The van der Waals surface area contributed by atoms with Crippen LogP contribution in [0.25, 0.3) is 0 Å². The summed E-state index contributed by atoms with van der Waals surface area (Å²) in [6, 6.07) is 0.434. The van der Waals surface area contributed by atoms with Gasteiger partial charge in [-0.15, -0.1) is 0 Å². The predicted molar refractivity (Wildman–Crippen MR) is 55.5 cm³/mol. The lowest BCUT2D eigenvalue weighted by molar-refractivity contribution is -0.121. The lowest BCUT2D eigenvalue weighted by atomic mass is 9.93. The van der Waals surface area contributed by atoms with Crippen molar-refractivity contribution in [3.63, 3.8) is 0 Å². The Bertz CT molecular complexity index is 246. The van der Waals surface area contributed by atoms with Gasteiger partial charge < -0.3 is 10.2 Å². The van der Waals surface area contributed by atoms with Crippen LogP contribution in [0.1, 0.15) is 32.1 Å². The Hall–Kier alpha value is -0.450. The van der Waals surface area contributed by atoms with Gasteiger partial charge in [-0.3, -0.25) is 9.69 Å². The first-order valence-corrected chi connectivity index (χ1v) is 5.72. The highest BCUT2D eigenvalue weighted by atomic mass is 16.3. The zero-order valence-electron chi connectivity index (χ0n) is 8.98. The van der Waals surface area contributed by atoms with Gasteiger partial charge in [0.2, 0.25) is 0 Å². The third-order valence-corrected chi connectivity index (χ3v) is 3.69. The van der Waals surface area contributed by atoms with Crippen LogP contribution in [-0.4, -0.2) is 52.2 Å². The standard InChI is InChI=1S/C11H19NO3/c13-8-11(15)5-6-12(7-11)9-1-3-10(14)4-2-9/h9,13,15H,1-8H2. The molecule has 0 spiro atoms. The summed E-state index contributed by atoms with van der Waals surface area (Å²) >= 11 is 0. The van der Waals surface area contributed by atoms with Gasteiger partial charge in [0.15, 0.2) is 0 Å². The molecular weight excluding hydrogens is 194 g/mol. The van der Waals surface area contributed by atoms with Crippen molar-refractivity contribution < 1.29 is 15.0 Å². The van der Waals surface area contributed by atoms with E-state index in [-0.39, 0.29) is 6.61 Å². The van der Waals surface area contributed by atoms with E-state index in [4.69, 9.17) is 5.11 Å². The highest BCUT2D eigenvalue weighted by Crippen LogP contribution is 2.28. The molecular formula is C11H19NO3. The quantitative estimate of drug-likeness (QED) is 0.674. The minimum Gasteiger partial charge on any atom is -0.393 e. The maximum atomic E-state index is 11.1. The number of nitrogens with zero attached hydrogens (tertiary/aromatic N) is 1. The van der Waals surface area contributed by atoms with Crippen molar-refractivity contribution in [2.75, 3.05) is 19.7 Å². The topological polar surface area (TPSA) is 60.8 Å². The SMILES string of the molecule is O=C1CCC(N2CCC(O)(CO)C2)CC1. The number of rotatable bonds is 2. The maximum Gasteiger partial charge on any atom is 0.133 e. The summed E-state index contributed by atoms with van der Waals surface area (Å²) in [5.74, 6) is 0.364. The van der Waals surface area contributed by atoms with Gasteiger partial charge in [0, 0.05) is 32.0 Å². The minimum absolute atomic E-state index is 0.158. The highest BCUT2D eigenvalue weighted by Gasteiger charge is 2.38. The fraction of sp³-hybridized carbons (Fsp3) is 0.909. The average molecular weight is 213 g/mol. The normalized spacial score (nSPS) is 34.9. The number of carbonyl (C=O) groups excluding carboxylic acids is 1. The van der Waals surface area contributed by atoms with Gasteiger partial charge in [0.1, 0.15) is 11.4 Å². The van der Waals surface area contributed by atoms with Crippen LogP contribution in [0.3, 0.4) is 0 Å². The maximum absolute atomic E-state index is 11.1. The first kappa shape index (κ1) is 11.0. The molecule has 0 bridgehead atoms. The van der Waals surface area contributed by atoms with Crippen LogP contribution >= 0.6 is 0 Å². The van der Waals surface area contributed by atoms with Crippen LogP contribution in [0.2, 0.25) is 0 Å². The van der Waals surface area contributed by atoms with Crippen molar-refractivity contribution >= 4 is 5.78 Å². The highest BCUT2D eigenvalue weighted by molar-refractivity contribution is 5.79. The third-order valence-electron chi connectivity index (χ3n) is 3.69. The van der Waals surface area contributed by atoms with Crippen molar-refractivity contribution in [2.45, 2.75) is 43.7 Å². The number of hydrogen-bond acceptors (Lipinski definition) is 4. The fourth-order valence-corrected chi connectivity index (χ4v) is 2.62. The van der Waals surface area contributed by atoms with Crippen LogP contribution in [0.4, 0.5) is 0 Å². The molecule has 1 aliphatic carbocycles. The molecule has 15 heavy (non-hydrogen) atoms. The zero-order valence-corrected chi connectivity index (χ0v) is 8.98. The van der Waals surface area contributed by atoms with Crippen LogP contribution < -0.4 is 0 Å². The van der Waals surface area contributed by atoms with E-state index in [1.807, 2.05) is 0 Å². The van der Waals surface area contributed by atoms with Gasteiger partial charge in [-0.05, 0) is 19.3 Å². The Labute approximate surface area is 89.9 Å². The summed E-state index contributed by atoms with van der Waals surface area (Å²) in [5.41, 5.74) is -0.901. The summed E-state index contributed by atoms with van der Waals surface area (Å²) < 4.78 is 0. The van der Waals surface area contributed by atoms with Crippen LogP contribution in [0.15, 0.2) is 0 Å². The predicted octanol–water partition coefficient (Wildman–Crippen LogP) is -0.0728. The van der Waals surface area contributed by atoms with E-state index >= 15 is 0 Å². The largest absolute Gasteiger partial charge is 0.393 e. The number of aliphatic hydroxyl groups excluding tert-OH is 1. The number of aliphatic hydroxyl groups is 2. The molecule has 2 aliphatic rings. The lowest BCUT2D eigenvalue weighted by Crippen LogP contribution is -2.41. The molecule has 1 saturated heterocycles. The molecule has 4 nitrogen and oxygen atoms in total. The molecule has 1 saturated carbocycles. The van der Waals surface area contributed by atoms with Gasteiger partial charge in [-0.2, -0.15) is 0 Å². The number of hydrogen-bond donors (Lipinski definition) is 2. The van der Waals surface area contributed by atoms with E-state index in [2.05, 4.69) is 4.90 Å². The van der Waals surface area contributed by atoms with Crippen molar-refractivity contribution in [3.05, 3.63) is 0 Å². The summed E-state index contributed by atoms with van der Waals surface area (Å²) in [6.45, 7) is 1.24. The third kappa shape index (κ3) is 2.38. The lowest BCUT2D eigenvalue weighted by Gasteiger charge is -2.31. The number of Topliss-reactive ketones (excluding diaryl/α,β-unsaturated/α-hetero) is 1. The van der Waals surface area contributed by atoms with Gasteiger partial charge in [0.25, 0.3) is 0 Å². The van der Waals surface area contributed by atoms with E-state index in [1.54, 1.807) is 0 Å². The zero-order chi connectivity index (χ0) is 10.9. The molecule has 0 radical (unpaired) electrons. The molecule has 2 fully saturated rings. The fourth-order valence-electron chi connectivity index (χ4n) is 2.62. The Kier molecular flexibility index (Phi) is 3.09. The molecule has 1 atom stereocenters. The Morgan fingerprint density at radius 2 is 2.07 bits per heavy atom. The smallest absolute Gasteiger partial charge is 0.133 e. The molecule has 4 heteroatoms. The second-order valence-electron chi connectivity index (χ2n) is 4.87. The van der Waals surface area contributed by atoms with E-state index < -0.39 is 5.60 Å². The van der Waals surface area contributed by atoms with Gasteiger partial charge in [-0.25, -0.2) is 0 Å². The molecule has 2 N–H and O–H groups in total. The molecule has 0 aromatic rings. The van der Waals surface area contributed by atoms with Crippen molar-refractivity contribution in [2.24, 2.45) is 0 Å². The number of ketones is 1. The van der Waals surface area contributed by atoms with Crippen molar-refractivity contribution in [3.8, 4) is 0 Å². The van der Waals surface area contributed by atoms with E-state index in [9.17, 15) is 9.90 Å². The molecule has 0 aromatic heterocycles. The summed E-state index contributed by atoms with van der Waals surface area (Å²) in [6.07, 6.45) is 3.84. The molecule has 0 aromatic carbocycles. The number of carbonyl (C=O) groups is 1. The number of likely N-dealkylation sites (tertiary alicyclic amines) is 1. The monoisotopic (exact) mass is 213 g/mol. The summed E-state index contributed by atoms with van der Waals surface area (Å²) in [5, 5.41) is 18.9. The minimum atomic E-state index is -0.901. The van der Waals surface area contributed by atoms with E-state index in [1.165, 1.54) is 0 Å². The Morgan fingerprint density at radius 3 is 2.60 bits per heavy atom. The molecule has 1 unspecified atom stereocenters. The molecule has 1 aliphatic heterocycles. The average Bonchev–Trinajstić information content (AvgIpc) is 2.63. The second kappa shape index (κ2) is 4.20. The first-order chi connectivity index (χ1) is 7.13. The molecule has 86 valence electrons. The van der Waals surface area contributed by atoms with E-state index in [0.29, 0.717) is 37.6 Å². The molecule has 2 rings (SSSR count). The van der Waals surface area contributed by atoms with E-state index in [0.717, 1.165) is 19.4 Å². The summed E-state index contributed by atoms with van der Waals surface area (Å²) in [7, 11) is 0. The molecule has 0 amide bonds. The summed E-state index contributed by atoms with van der Waals surface area (Å²) in [4.78, 5) is 13.3. The number of β-amino-alcohol motifs (C(OH)–C–C–N with tert-alkyl or cyclic N) is 1. The van der Waals surface area contributed by atoms with Crippen molar-refractivity contribution in [1.82, 2.24) is 4.90 Å². The Morgan fingerprint density at radius 1 is 1.40 bits per heavy atom. The van der Waals surface area contributed by atoms with Gasteiger partial charge in [0.05, 0.1) is 6.61 Å².